The van der Waals surface area contributed by atoms with Gasteiger partial charge in [0.1, 0.15) is 0 Å². The van der Waals surface area contributed by atoms with E-state index < -0.39 is 17.2 Å². The number of hydrogen-bond donors (Lipinski definition) is 2. The van der Waals surface area contributed by atoms with Crippen LogP contribution in [0.3, 0.4) is 0 Å². The molecule has 1 aromatic carbocycles. The summed E-state index contributed by atoms with van der Waals surface area (Å²) >= 11 is 0. The Morgan fingerprint density at radius 1 is 1.23 bits per heavy atom. The van der Waals surface area contributed by atoms with Crippen LogP contribution in [-0.2, 0) is 6.54 Å². The Labute approximate surface area is 176 Å². The maximum Gasteiger partial charge on any atom is 0.329 e. The lowest BCUT2D eigenvalue weighted by atomic mass is 10.1. The molecule has 156 valence electrons. The van der Waals surface area contributed by atoms with Crippen molar-refractivity contribution >= 4 is 22.6 Å². The number of carbonyl (C=O) groups is 1. The molecule has 3 heterocycles. The van der Waals surface area contributed by atoms with Gasteiger partial charge in [-0.15, -0.1) is 0 Å². The minimum atomic E-state index is -0.612. The number of rotatable bonds is 5. The number of benzene rings is 1. The molecule has 0 saturated heterocycles. The normalized spacial score (nSPS) is 13.5. The van der Waals surface area contributed by atoms with Crippen LogP contribution in [-0.4, -0.2) is 30.2 Å². The maximum atomic E-state index is 13.2. The minimum Gasteiger partial charge on any atom is -0.322 e. The zero-order valence-corrected chi connectivity index (χ0v) is 16.8. The van der Waals surface area contributed by atoms with Crippen molar-refractivity contribution in [1.29, 1.82) is 0 Å². The third-order valence-electron chi connectivity index (χ3n) is 5.42. The molecule has 9 heteroatoms. The molecule has 31 heavy (non-hydrogen) atoms. The zero-order chi connectivity index (χ0) is 21.5. The van der Waals surface area contributed by atoms with Gasteiger partial charge >= 0.3 is 5.69 Å². The predicted molar refractivity (Wildman–Crippen MR) is 116 cm³/mol. The van der Waals surface area contributed by atoms with E-state index in [1.807, 2.05) is 24.4 Å². The lowest BCUT2D eigenvalue weighted by molar-refractivity contribution is 0.102. The summed E-state index contributed by atoms with van der Waals surface area (Å²) in [6, 6.07) is 10.7. The largest absolute Gasteiger partial charge is 0.329 e. The van der Waals surface area contributed by atoms with Crippen molar-refractivity contribution in [1.82, 2.24) is 24.3 Å². The molecule has 0 radical (unpaired) electrons. The number of carbonyl (C=O) groups excluding carboxylic acids is 1. The van der Waals surface area contributed by atoms with Gasteiger partial charge in [0.05, 0.1) is 16.6 Å². The third-order valence-corrected chi connectivity index (χ3v) is 5.42. The van der Waals surface area contributed by atoms with Gasteiger partial charge in [0.25, 0.3) is 11.5 Å². The fraction of sp³-hybridized carbons (Fsp3) is 0.227. The molecule has 2 N–H and O–H groups in total. The van der Waals surface area contributed by atoms with Crippen molar-refractivity contribution in [2.45, 2.75) is 32.2 Å². The number of nitrogens with one attached hydrogen (secondary N) is 2. The Kier molecular flexibility index (Phi) is 4.50. The van der Waals surface area contributed by atoms with E-state index in [4.69, 9.17) is 0 Å². The molecule has 0 bridgehead atoms. The van der Waals surface area contributed by atoms with Crippen molar-refractivity contribution in [3.8, 4) is 5.69 Å². The van der Waals surface area contributed by atoms with E-state index in [-0.39, 0.29) is 22.5 Å². The predicted octanol–water partition coefficient (Wildman–Crippen LogP) is 2.42. The highest BCUT2D eigenvalue weighted by Crippen LogP contribution is 2.40. The molecule has 1 aliphatic carbocycles. The summed E-state index contributed by atoms with van der Waals surface area (Å²) in [5.74, 6) is -0.169. The van der Waals surface area contributed by atoms with Crippen LogP contribution in [0.15, 0.2) is 58.4 Å². The number of H-pyrrole nitrogens is 1. The molecule has 1 saturated carbocycles. The topological polar surface area (TPSA) is 115 Å². The van der Waals surface area contributed by atoms with Crippen LogP contribution in [0, 0.1) is 0 Å². The van der Waals surface area contributed by atoms with E-state index in [1.54, 1.807) is 36.0 Å². The first-order valence-electron chi connectivity index (χ1n) is 10.1. The van der Waals surface area contributed by atoms with Crippen LogP contribution in [0.2, 0.25) is 0 Å². The summed E-state index contributed by atoms with van der Waals surface area (Å²) in [6.07, 6.45) is 5.48. The van der Waals surface area contributed by atoms with E-state index in [0.717, 1.165) is 24.2 Å². The molecule has 4 aromatic rings. The lowest BCUT2D eigenvalue weighted by Crippen LogP contribution is -2.32. The Hall–Kier alpha value is -4.01. The number of aryl methyl sites for hydroxylation is 1. The van der Waals surface area contributed by atoms with Crippen molar-refractivity contribution < 1.29 is 4.79 Å². The lowest BCUT2D eigenvalue weighted by Gasteiger charge is -2.13. The average Bonchev–Trinajstić information content (AvgIpc) is 3.48. The second-order valence-corrected chi connectivity index (χ2v) is 7.52. The molecule has 3 aromatic heterocycles. The number of hydrogen-bond acceptors (Lipinski definition) is 5. The van der Waals surface area contributed by atoms with Crippen LogP contribution < -0.4 is 16.6 Å². The highest BCUT2D eigenvalue weighted by Gasteiger charge is 2.28. The molecular weight excluding hydrogens is 396 g/mol. The Bertz CT molecular complexity index is 1400. The summed E-state index contributed by atoms with van der Waals surface area (Å²) in [6.45, 7) is 2.13. The van der Waals surface area contributed by atoms with Crippen LogP contribution in [0.4, 0.5) is 5.69 Å². The van der Waals surface area contributed by atoms with Gasteiger partial charge in [0.2, 0.25) is 0 Å². The van der Waals surface area contributed by atoms with E-state index in [2.05, 4.69) is 20.4 Å². The smallest absolute Gasteiger partial charge is 0.322 e. The van der Waals surface area contributed by atoms with Gasteiger partial charge in [0, 0.05) is 36.2 Å². The number of nitrogens with zero attached hydrogens (tertiary/aromatic N) is 4. The summed E-state index contributed by atoms with van der Waals surface area (Å²) in [5, 5.41) is 7.15. The summed E-state index contributed by atoms with van der Waals surface area (Å²) in [7, 11) is 0. The number of aromatic nitrogens is 5. The SMILES string of the molecule is CCn1c(=O)[nH]c(=O)c2c(C(=O)Nc3ccc(-n4cccn4)cc3)cc(C3CC3)nc21. The Balaban J connectivity index is 1.56. The monoisotopic (exact) mass is 416 g/mol. The van der Waals surface area contributed by atoms with Crippen LogP contribution in [0.5, 0.6) is 0 Å². The first-order valence-corrected chi connectivity index (χ1v) is 10.1. The van der Waals surface area contributed by atoms with Gasteiger partial charge in [-0.05, 0) is 56.2 Å². The fourth-order valence-corrected chi connectivity index (χ4v) is 3.67. The van der Waals surface area contributed by atoms with Crippen molar-refractivity contribution in [2.24, 2.45) is 0 Å². The second kappa shape index (κ2) is 7.35. The minimum absolute atomic E-state index is 0.122. The maximum absolute atomic E-state index is 13.2. The molecule has 0 spiro atoms. The van der Waals surface area contributed by atoms with Gasteiger partial charge in [-0.1, -0.05) is 0 Å². The van der Waals surface area contributed by atoms with Crippen LogP contribution in [0.25, 0.3) is 16.7 Å². The molecule has 0 aliphatic heterocycles. The molecule has 9 nitrogen and oxygen atoms in total. The quantitative estimate of drug-likeness (QED) is 0.519. The second-order valence-electron chi connectivity index (χ2n) is 7.52. The van der Waals surface area contributed by atoms with Gasteiger partial charge in [0.15, 0.2) is 5.65 Å². The third kappa shape index (κ3) is 3.43. The molecule has 1 aliphatic rings. The van der Waals surface area contributed by atoms with Gasteiger partial charge in [-0.25, -0.2) is 14.5 Å². The Morgan fingerprint density at radius 3 is 2.65 bits per heavy atom. The van der Waals surface area contributed by atoms with Crippen molar-refractivity contribution in [3.63, 3.8) is 0 Å². The molecule has 5 rings (SSSR count). The van der Waals surface area contributed by atoms with Crippen molar-refractivity contribution in [3.05, 3.63) is 80.9 Å². The molecule has 1 fully saturated rings. The fourth-order valence-electron chi connectivity index (χ4n) is 3.67. The average molecular weight is 416 g/mol. The van der Waals surface area contributed by atoms with Gasteiger partial charge in [-0.3, -0.25) is 19.1 Å². The standard InChI is InChI=1S/C22H20N6O3/c1-2-27-19-18(21(30)26-22(27)31)16(12-17(25-19)13-4-5-13)20(29)24-14-6-8-15(9-7-14)28-11-3-10-23-28/h3,6-13H,2,4-5H2,1H3,(H,24,29)(H,26,30,31). The number of aromatic amines is 1. The zero-order valence-electron chi connectivity index (χ0n) is 16.8. The van der Waals surface area contributed by atoms with Gasteiger partial charge < -0.3 is 5.32 Å². The summed E-state index contributed by atoms with van der Waals surface area (Å²) in [4.78, 5) is 44.9. The summed E-state index contributed by atoms with van der Waals surface area (Å²) in [5.41, 5.74) is 1.50. The van der Waals surface area contributed by atoms with E-state index in [0.29, 0.717) is 12.2 Å². The first-order chi connectivity index (χ1) is 15.0. The highest BCUT2D eigenvalue weighted by atomic mass is 16.2. The molecule has 1 amide bonds. The van der Waals surface area contributed by atoms with Crippen LogP contribution in [0.1, 0.15) is 41.7 Å². The first kappa shape index (κ1) is 19.0. The van der Waals surface area contributed by atoms with E-state index in [9.17, 15) is 14.4 Å². The van der Waals surface area contributed by atoms with Crippen LogP contribution >= 0.6 is 0 Å². The number of pyridine rings is 1. The summed E-state index contributed by atoms with van der Waals surface area (Å²) < 4.78 is 3.10. The molecule has 0 atom stereocenters. The number of fused-ring (bicyclic) bond motifs is 1. The van der Waals surface area contributed by atoms with E-state index in [1.165, 1.54) is 4.57 Å². The van der Waals surface area contributed by atoms with Crippen molar-refractivity contribution in [2.75, 3.05) is 5.32 Å². The number of anilines is 1. The molecular formula is C22H20N6O3. The van der Waals surface area contributed by atoms with Gasteiger partial charge in [-0.2, -0.15) is 5.10 Å². The Morgan fingerprint density at radius 2 is 2.00 bits per heavy atom. The number of amides is 1. The molecule has 0 unspecified atom stereocenters. The van der Waals surface area contributed by atoms with E-state index >= 15 is 0 Å². The highest BCUT2D eigenvalue weighted by molar-refractivity contribution is 6.11.